The second kappa shape index (κ2) is 6.08. The molecule has 2 aromatic carbocycles. The smallest absolute Gasteiger partial charge is 0.256 e. The van der Waals surface area contributed by atoms with E-state index in [0.29, 0.717) is 22.3 Å². The highest BCUT2D eigenvalue weighted by Gasteiger charge is 2.15. The first-order valence-electron chi connectivity index (χ1n) is 7.23. The van der Waals surface area contributed by atoms with Gasteiger partial charge in [-0.05, 0) is 43.3 Å². The van der Waals surface area contributed by atoms with Crippen molar-refractivity contribution < 1.29 is 14.0 Å². The van der Waals surface area contributed by atoms with Gasteiger partial charge in [0, 0.05) is 11.1 Å². The Morgan fingerprint density at radius 1 is 1.08 bits per heavy atom. The van der Waals surface area contributed by atoms with Crippen LogP contribution in [0, 0.1) is 12.7 Å². The first kappa shape index (κ1) is 15.6. The van der Waals surface area contributed by atoms with Crippen molar-refractivity contribution in [3.63, 3.8) is 0 Å². The number of hydrogen-bond acceptors (Lipinski definition) is 3. The fraction of sp³-hybridized carbons (Fsp3) is 0.0556. The Hall–Kier alpha value is -3.28. The van der Waals surface area contributed by atoms with Crippen molar-refractivity contribution in [2.24, 2.45) is 5.73 Å². The summed E-state index contributed by atoms with van der Waals surface area (Å²) in [6.45, 7) is 1.75. The van der Waals surface area contributed by atoms with E-state index < -0.39 is 17.6 Å². The number of anilines is 1. The lowest BCUT2D eigenvalue weighted by atomic mass is 10.1. The number of amides is 2. The number of halogens is 1. The molecule has 0 bridgehead atoms. The minimum Gasteiger partial charge on any atom is -0.366 e. The summed E-state index contributed by atoms with van der Waals surface area (Å²) in [5.41, 5.74) is 7.23. The first-order chi connectivity index (χ1) is 11.5. The van der Waals surface area contributed by atoms with Gasteiger partial charge in [0.2, 0.25) is 0 Å². The fourth-order valence-electron chi connectivity index (χ4n) is 2.51. The summed E-state index contributed by atoms with van der Waals surface area (Å²) in [4.78, 5) is 28.4. The molecule has 0 aliphatic carbocycles. The maximum Gasteiger partial charge on any atom is 0.256 e. The van der Waals surface area contributed by atoms with E-state index in [1.807, 2.05) is 0 Å². The predicted octanol–water partition coefficient (Wildman–Crippen LogP) is 3.03. The minimum absolute atomic E-state index is 0.201. The van der Waals surface area contributed by atoms with Crippen LogP contribution in [-0.4, -0.2) is 16.8 Å². The Labute approximate surface area is 137 Å². The number of carbonyl (C=O) groups excluding carboxylic acids is 2. The van der Waals surface area contributed by atoms with Crippen LogP contribution in [0.1, 0.15) is 26.4 Å². The minimum atomic E-state index is -0.646. The molecule has 3 N–H and O–H groups in total. The summed E-state index contributed by atoms with van der Waals surface area (Å²) in [6.07, 6.45) is 0. The quantitative estimate of drug-likeness (QED) is 0.777. The lowest BCUT2D eigenvalue weighted by Crippen LogP contribution is -2.18. The summed E-state index contributed by atoms with van der Waals surface area (Å²) in [5.74, 6) is -1.57. The fourth-order valence-corrected chi connectivity index (χ4v) is 2.51. The molecular weight excluding hydrogens is 309 g/mol. The van der Waals surface area contributed by atoms with Crippen LogP contribution in [0.3, 0.4) is 0 Å². The molecule has 0 aliphatic heterocycles. The van der Waals surface area contributed by atoms with Crippen molar-refractivity contribution >= 4 is 28.4 Å². The van der Waals surface area contributed by atoms with E-state index in [0.717, 1.165) is 0 Å². The van der Waals surface area contributed by atoms with Crippen LogP contribution in [0.4, 0.5) is 10.1 Å². The van der Waals surface area contributed by atoms with E-state index in [9.17, 15) is 14.0 Å². The number of aryl methyl sites for hydroxylation is 1. The van der Waals surface area contributed by atoms with Gasteiger partial charge in [0.05, 0.1) is 22.3 Å². The van der Waals surface area contributed by atoms with Gasteiger partial charge in [-0.15, -0.1) is 0 Å². The van der Waals surface area contributed by atoms with Gasteiger partial charge in [-0.2, -0.15) is 0 Å². The van der Waals surface area contributed by atoms with Crippen LogP contribution in [-0.2, 0) is 0 Å². The SMILES string of the molecule is Cc1cc(C(=O)Nc2ccccc2C(N)=O)c2cc(F)ccc2n1. The lowest BCUT2D eigenvalue weighted by Gasteiger charge is -2.11. The zero-order valence-electron chi connectivity index (χ0n) is 12.8. The predicted molar refractivity (Wildman–Crippen MR) is 89.4 cm³/mol. The van der Waals surface area contributed by atoms with Crippen LogP contribution in [0.25, 0.3) is 10.9 Å². The van der Waals surface area contributed by atoms with Gasteiger partial charge in [-0.1, -0.05) is 12.1 Å². The maximum atomic E-state index is 13.6. The highest BCUT2D eigenvalue weighted by atomic mass is 19.1. The Kier molecular flexibility index (Phi) is 3.95. The largest absolute Gasteiger partial charge is 0.366 e. The Morgan fingerprint density at radius 2 is 1.83 bits per heavy atom. The molecular formula is C18H14FN3O2. The molecule has 0 aliphatic rings. The second-order valence-electron chi connectivity index (χ2n) is 5.34. The number of rotatable bonds is 3. The topological polar surface area (TPSA) is 85.1 Å². The number of fused-ring (bicyclic) bond motifs is 1. The highest BCUT2D eigenvalue weighted by Crippen LogP contribution is 2.22. The number of carbonyl (C=O) groups is 2. The number of pyridine rings is 1. The van der Waals surface area contributed by atoms with Gasteiger partial charge >= 0.3 is 0 Å². The van der Waals surface area contributed by atoms with Crippen molar-refractivity contribution in [2.75, 3.05) is 5.32 Å². The van der Waals surface area contributed by atoms with Gasteiger partial charge < -0.3 is 11.1 Å². The van der Waals surface area contributed by atoms with E-state index in [2.05, 4.69) is 10.3 Å². The molecule has 120 valence electrons. The van der Waals surface area contributed by atoms with Crippen molar-refractivity contribution in [3.8, 4) is 0 Å². The summed E-state index contributed by atoms with van der Waals surface area (Å²) < 4.78 is 13.6. The van der Waals surface area contributed by atoms with Gasteiger partial charge in [-0.3, -0.25) is 14.6 Å². The number of primary amides is 1. The van der Waals surface area contributed by atoms with Crippen LogP contribution >= 0.6 is 0 Å². The summed E-state index contributed by atoms with van der Waals surface area (Å²) in [7, 11) is 0. The number of para-hydroxylation sites is 1. The third-order valence-electron chi connectivity index (χ3n) is 3.58. The number of nitrogens with one attached hydrogen (secondary N) is 1. The molecule has 0 fully saturated rings. The molecule has 0 saturated heterocycles. The van der Waals surface area contributed by atoms with E-state index in [4.69, 9.17) is 5.73 Å². The number of nitrogens with zero attached hydrogens (tertiary/aromatic N) is 1. The highest BCUT2D eigenvalue weighted by molar-refractivity contribution is 6.14. The molecule has 1 aromatic heterocycles. The van der Waals surface area contributed by atoms with Crippen molar-refractivity contribution in [3.05, 3.63) is 71.2 Å². The third kappa shape index (κ3) is 2.94. The van der Waals surface area contributed by atoms with Crippen LogP contribution < -0.4 is 11.1 Å². The van der Waals surface area contributed by atoms with E-state index in [1.54, 1.807) is 31.2 Å². The van der Waals surface area contributed by atoms with Crippen molar-refractivity contribution in [1.29, 1.82) is 0 Å². The van der Waals surface area contributed by atoms with Crippen LogP contribution in [0.2, 0.25) is 0 Å². The Bertz CT molecular complexity index is 970. The molecule has 3 aromatic rings. The standard InChI is InChI=1S/C18H14FN3O2/c1-10-8-14(13-9-11(19)6-7-16(13)21-10)18(24)22-15-5-3-2-4-12(15)17(20)23/h2-9H,1H3,(H2,20,23)(H,22,24). The van der Waals surface area contributed by atoms with E-state index in [-0.39, 0.29) is 11.1 Å². The average molecular weight is 323 g/mol. The van der Waals surface area contributed by atoms with Crippen molar-refractivity contribution in [2.45, 2.75) is 6.92 Å². The molecule has 0 atom stereocenters. The molecule has 3 rings (SSSR count). The zero-order chi connectivity index (χ0) is 17.3. The van der Waals surface area contributed by atoms with Crippen LogP contribution in [0.5, 0.6) is 0 Å². The Morgan fingerprint density at radius 3 is 2.58 bits per heavy atom. The maximum absolute atomic E-state index is 13.6. The number of aromatic nitrogens is 1. The molecule has 0 unspecified atom stereocenters. The third-order valence-corrected chi connectivity index (χ3v) is 3.58. The zero-order valence-corrected chi connectivity index (χ0v) is 12.8. The summed E-state index contributed by atoms with van der Waals surface area (Å²) in [6, 6.07) is 12.1. The number of benzene rings is 2. The van der Waals surface area contributed by atoms with Crippen LogP contribution in [0.15, 0.2) is 48.5 Å². The molecule has 0 spiro atoms. The van der Waals surface area contributed by atoms with Gasteiger partial charge in [0.15, 0.2) is 0 Å². The number of nitrogens with two attached hydrogens (primary N) is 1. The van der Waals surface area contributed by atoms with E-state index >= 15 is 0 Å². The van der Waals surface area contributed by atoms with Crippen molar-refractivity contribution in [1.82, 2.24) is 4.98 Å². The summed E-state index contributed by atoms with van der Waals surface area (Å²) in [5, 5.41) is 3.05. The van der Waals surface area contributed by atoms with Gasteiger partial charge in [0.1, 0.15) is 5.82 Å². The normalized spacial score (nSPS) is 10.6. The monoisotopic (exact) mass is 323 g/mol. The summed E-state index contributed by atoms with van der Waals surface area (Å²) >= 11 is 0. The molecule has 6 heteroatoms. The molecule has 2 amide bonds. The number of hydrogen-bond donors (Lipinski definition) is 2. The second-order valence-corrected chi connectivity index (χ2v) is 5.34. The molecule has 24 heavy (non-hydrogen) atoms. The van der Waals surface area contributed by atoms with Gasteiger partial charge in [0.25, 0.3) is 11.8 Å². The average Bonchev–Trinajstić information content (AvgIpc) is 2.54. The lowest BCUT2D eigenvalue weighted by molar-refractivity contribution is 0.100. The first-order valence-corrected chi connectivity index (χ1v) is 7.23. The van der Waals surface area contributed by atoms with E-state index in [1.165, 1.54) is 24.3 Å². The molecule has 1 heterocycles. The Balaban J connectivity index is 2.07. The molecule has 0 saturated carbocycles. The molecule has 5 nitrogen and oxygen atoms in total. The van der Waals surface area contributed by atoms with Gasteiger partial charge in [-0.25, -0.2) is 4.39 Å². The molecule has 0 radical (unpaired) electrons.